The summed E-state index contributed by atoms with van der Waals surface area (Å²) in [6.45, 7) is 6.07. The number of nitrogens with one attached hydrogen (secondary N) is 1. The Hall–Kier alpha value is -2.61. The summed E-state index contributed by atoms with van der Waals surface area (Å²) < 4.78 is 5.50. The van der Waals surface area contributed by atoms with Crippen LogP contribution in [-0.4, -0.2) is 17.1 Å². The number of aryl methyl sites for hydroxylation is 2. The molecule has 0 unspecified atom stereocenters. The first-order chi connectivity index (χ1) is 9.56. The van der Waals surface area contributed by atoms with Crippen molar-refractivity contribution < 1.29 is 4.74 Å². The highest BCUT2D eigenvalue weighted by Crippen LogP contribution is 2.35. The third kappa shape index (κ3) is 2.54. The molecule has 0 radical (unpaired) electrons. The van der Waals surface area contributed by atoms with Gasteiger partial charge in [-0.25, -0.2) is 9.97 Å². The zero-order valence-electron chi connectivity index (χ0n) is 12.0. The van der Waals surface area contributed by atoms with E-state index in [9.17, 15) is 0 Å². The Morgan fingerprint density at radius 2 is 1.90 bits per heavy atom. The molecular weight excluding hydrogens is 252 g/mol. The van der Waals surface area contributed by atoms with E-state index in [0.29, 0.717) is 11.5 Å². The van der Waals surface area contributed by atoms with Crippen molar-refractivity contribution in [2.75, 3.05) is 12.4 Å². The molecule has 1 heterocycles. The second-order valence-corrected chi connectivity index (χ2v) is 4.57. The van der Waals surface area contributed by atoms with Crippen molar-refractivity contribution in [1.82, 2.24) is 9.97 Å². The number of hydrogen-bond acceptors (Lipinski definition) is 5. The second kappa shape index (κ2) is 5.57. The average Bonchev–Trinajstić information content (AvgIpc) is 2.45. The number of ether oxygens (including phenoxy) is 1. The Morgan fingerprint density at radius 1 is 1.15 bits per heavy atom. The first-order valence-electron chi connectivity index (χ1n) is 6.20. The first-order valence-corrected chi connectivity index (χ1v) is 6.20. The van der Waals surface area contributed by atoms with E-state index < -0.39 is 0 Å². The van der Waals surface area contributed by atoms with Gasteiger partial charge < -0.3 is 10.1 Å². The van der Waals surface area contributed by atoms with E-state index in [1.54, 1.807) is 13.2 Å². The minimum Gasteiger partial charge on any atom is -0.494 e. The van der Waals surface area contributed by atoms with Gasteiger partial charge in [-0.3, -0.25) is 0 Å². The predicted molar refractivity (Wildman–Crippen MR) is 77.2 cm³/mol. The Kier molecular flexibility index (Phi) is 3.85. The number of nitriles is 1. The zero-order chi connectivity index (χ0) is 14.7. The van der Waals surface area contributed by atoms with Crippen molar-refractivity contribution >= 4 is 11.5 Å². The molecule has 0 saturated carbocycles. The van der Waals surface area contributed by atoms with Crippen molar-refractivity contribution in [3.05, 3.63) is 40.8 Å². The third-order valence-electron chi connectivity index (χ3n) is 3.23. The van der Waals surface area contributed by atoms with Crippen molar-refractivity contribution in [2.45, 2.75) is 20.8 Å². The van der Waals surface area contributed by atoms with Crippen LogP contribution < -0.4 is 10.1 Å². The van der Waals surface area contributed by atoms with Crippen LogP contribution in [0.2, 0.25) is 0 Å². The van der Waals surface area contributed by atoms with Gasteiger partial charge in [-0.15, -0.1) is 0 Å². The number of methoxy groups -OCH3 is 1. The highest BCUT2D eigenvalue weighted by molar-refractivity contribution is 5.71. The summed E-state index contributed by atoms with van der Waals surface area (Å²) in [5.41, 5.74) is 4.49. The number of aromatic nitrogens is 2. The van der Waals surface area contributed by atoms with E-state index in [1.165, 1.54) is 11.9 Å². The standard InChI is InChI=1S/C15H16N4O/c1-9-5-10(2)14(15(20-4)11(9)3)19-13-6-12(7-16)17-8-18-13/h5-6,8H,1-4H3,(H,17,18,19). The van der Waals surface area contributed by atoms with Crippen molar-refractivity contribution in [3.8, 4) is 11.8 Å². The Balaban J connectivity index is 2.48. The largest absolute Gasteiger partial charge is 0.494 e. The van der Waals surface area contributed by atoms with Gasteiger partial charge in [0.2, 0.25) is 0 Å². The molecule has 5 heteroatoms. The summed E-state index contributed by atoms with van der Waals surface area (Å²) in [6, 6.07) is 5.69. The molecule has 0 aliphatic rings. The molecule has 0 bridgehead atoms. The summed E-state index contributed by atoms with van der Waals surface area (Å²) in [4.78, 5) is 7.98. The van der Waals surface area contributed by atoms with Crippen molar-refractivity contribution in [3.63, 3.8) is 0 Å². The fourth-order valence-corrected chi connectivity index (χ4v) is 2.08. The van der Waals surface area contributed by atoms with Crippen LogP contribution in [0.1, 0.15) is 22.4 Å². The summed E-state index contributed by atoms with van der Waals surface area (Å²) in [6.07, 6.45) is 1.36. The SMILES string of the molecule is COc1c(C)c(C)cc(C)c1Nc1cc(C#N)ncn1. The molecule has 102 valence electrons. The fourth-order valence-electron chi connectivity index (χ4n) is 2.08. The normalized spacial score (nSPS) is 9.95. The fraction of sp³-hybridized carbons (Fsp3) is 0.267. The summed E-state index contributed by atoms with van der Waals surface area (Å²) in [5.74, 6) is 1.36. The van der Waals surface area contributed by atoms with Crippen molar-refractivity contribution in [1.29, 1.82) is 5.26 Å². The van der Waals surface area contributed by atoms with Crippen LogP contribution in [0.5, 0.6) is 5.75 Å². The Bertz CT molecular complexity index is 689. The lowest BCUT2D eigenvalue weighted by molar-refractivity contribution is 0.413. The highest BCUT2D eigenvalue weighted by atomic mass is 16.5. The molecule has 0 fully saturated rings. The van der Waals surface area contributed by atoms with E-state index in [0.717, 1.165) is 22.6 Å². The van der Waals surface area contributed by atoms with Crippen LogP contribution in [-0.2, 0) is 0 Å². The monoisotopic (exact) mass is 268 g/mol. The number of nitrogens with zero attached hydrogens (tertiary/aromatic N) is 3. The van der Waals surface area contributed by atoms with Gasteiger partial charge >= 0.3 is 0 Å². The van der Waals surface area contributed by atoms with Gasteiger partial charge in [-0.2, -0.15) is 5.26 Å². The van der Waals surface area contributed by atoms with Crippen LogP contribution in [0, 0.1) is 32.1 Å². The predicted octanol–water partition coefficient (Wildman–Crippen LogP) is 3.03. The third-order valence-corrected chi connectivity index (χ3v) is 3.23. The van der Waals surface area contributed by atoms with Crippen LogP contribution in [0.4, 0.5) is 11.5 Å². The topological polar surface area (TPSA) is 70.8 Å². The summed E-state index contributed by atoms with van der Waals surface area (Å²) in [5, 5.41) is 12.1. The summed E-state index contributed by atoms with van der Waals surface area (Å²) >= 11 is 0. The first kappa shape index (κ1) is 13.8. The molecule has 0 saturated heterocycles. The summed E-state index contributed by atoms with van der Waals surface area (Å²) in [7, 11) is 1.65. The molecule has 0 amide bonds. The van der Waals surface area contributed by atoms with Crippen LogP contribution in [0.3, 0.4) is 0 Å². The molecule has 2 rings (SSSR count). The van der Waals surface area contributed by atoms with Gasteiger partial charge in [0.25, 0.3) is 0 Å². The molecule has 0 aliphatic carbocycles. The molecule has 0 atom stereocenters. The Morgan fingerprint density at radius 3 is 2.55 bits per heavy atom. The number of rotatable bonds is 3. The molecule has 1 aromatic heterocycles. The van der Waals surface area contributed by atoms with Gasteiger partial charge in [-0.1, -0.05) is 6.07 Å². The van der Waals surface area contributed by atoms with E-state index >= 15 is 0 Å². The molecule has 0 spiro atoms. The second-order valence-electron chi connectivity index (χ2n) is 4.57. The van der Waals surface area contributed by atoms with E-state index in [1.807, 2.05) is 26.8 Å². The lowest BCUT2D eigenvalue weighted by Gasteiger charge is -2.17. The molecule has 20 heavy (non-hydrogen) atoms. The van der Waals surface area contributed by atoms with Crippen LogP contribution >= 0.6 is 0 Å². The van der Waals surface area contributed by atoms with E-state index in [-0.39, 0.29) is 0 Å². The number of anilines is 2. The quantitative estimate of drug-likeness (QED) is 0.926. The molecule has 1 N–H and O–H groups in total. The maximum Gasteiger partial charge on any atom is 0.145 e. The van der Waals surface area contributed by atoms with E-state index in [4.69, 9.17) is 10.00 Å². The Labute approximate surface area is 118 Å². The smallest absolute Gasteiger partial charge is 0.145 e. The number of benzene rings is 1. The number of hydrogen-bond donors (Lipinski definition) is 1. The molecule has 1 aromatic carbocycles. The molecular formula is C15H16N4O. The molecule has 5 nitrogen and oxygen atoms in total. The lowest BCUT2D eigenvalue weighted by atomic mass is 10.0. The maximum absolute atomic E-state index is 8.87. The van der Waals surface area contributed by atoms with E-state index in [2.05, 4.69) is 21.4 Å². The molecule has 0 aliphatic heterocycles. The minimum absolute atomic E-state index is 0.322. The van der Waals surface area contributed by atoms with Crippen LogP contribution in [0.15, 0.2) is 18.5 Å². The zero-order valence-corrected chi connectivity index (χ0v) is 12.0. The van der Waals surface area contributed by atoms with Gasteiger partial charge in [-0.05, 0) is 37.5 Å². The minimum atomic E-state index is 0.322. The van der Waals surface area contributed by atoms with Crippen molar-refractivity contribution in [2.24, 2.45) is 0 Å². The van der Waals surface area contributed by atoms with Gasteiger partial charge in [0.05, 0.1) is 12.8 Å². The van der Waals surface area contributed by atoms with Gasteiger partial charge in [0.1, 0.15) is 29.7 Å². The van der Waals surface area contributed by atoms with Gasteiger partial charge in [0.15, 0.2) is 0 Å². The lowest BCUT2D eigenvalue weighted by Crippen LogP contribution is -2.02. The molecule has 2 aromatic rings. The maximum atomic E-state index is 8.87. The van der Waals surface area contributed by atoms with Gasteiger partial charge in [0, 0.05) is 6.07 Å². The highest BCUT2D eigenvalue weighted by Gasteiger charge is 2.13. The van der Waals surface area contributed by atoms with Crippen LogP contribution in [0.25, 0.3) is 0 Å². The average molecular weight is 268 g/mol.